The summed E-state index contributed by atoms with van der Waals surface area (Å²) in [4.78, 5) is 13.1. The average Bonchev–Trinajstić information content (AvgIpc) is 2.58. The highest BCUT2D eigenvalue weighted by Crippen LogP contribution is 2.26. The van der Waals surface area contributed by atoms with Crippen molar-refractivity contribution >= 4 is 22.5 Å². The topological polar surface area (TPSA) is 38.7 Å². The van der Waals surface area contributed by atoms with Gasteiger partial charge in [0.25, 0.3) is 6.08 Å². The maximum absolute atomic E-state index is 12.0. The van der Waals surface area contributed by atoms with Crippen LogP contribution in [0.25, 0.3) is 22.2 Å². The Morgan fingerprint density at radius 2 is 1.87 bits per heavy atom. The van der Waals surface area contributed by atoms with E-state index in [1.165, 1.54) is 11.8 Å². The second-order valence-corrected chi connectivity index (χ2v) is 5.80. The highest BCUT2D eigenvalue weighted by atomic mass is 32.2. The van der Waals surface area contributed by atoms with E-state index in [0.29, 0.717) is 10.9 Å². The number of nitrogens with zero attached hydrogens (tertiary/aromatic N) is 3. The minimum absolute atomic E-state index is 0.285. The molecule has 0 spiro atoms. The molecule has 0 fully saturated rings. The van der Waals surface area contributed by atoms with Gasteiger partial charge in [-0.25, -0.2) is 9.97 Å². The summed E-state index contributed by atoms with van der Waals surface area (Å²) < 4.78 is 24.0. The van der Waals surface area contributed by atoms with Crippen molar-refractivity contribution in [2.24, 2.45) is 0 Å². The van der Waals surface area contributed by atoms with Gasteiger partial charge in [-0.1, -0.05) is 36.0 Å². The minimum Gasteiger partial charge on any atom is -0.254 e. The fourth-order valence-corrected chi connectivity index (χ4v) is 2.90. The number of aromatic nitrogens is 3. The monoisotopic (exact) mass is 329 g/mol. The molecule has 23 heavy (non-hydrogen) atoms. The zero-order chi connectivity index (χ0) is 16.1. The van der Waals surface area contributed by atoms with Crippen molar-refractivity contribution in [1.29, 1.82) is 0 Å². The predicted molar refractivity (Wildman–Crippen MR) is 88.4 cm³/mol. The van der Waals surface area contributed by atoms with Crippen LogP contribution < -0.4 is 0 Å². The molecule has 0 aliphatic heterocycles. The van der Waals surface area contributed by atoms with Crippen molar-refractivity contribution in [2.75, 3.05) is 5.75 Å². The summed E-state index contributed by atoms with van der Waals surface area (Å²) in [7, 11) is 0. The third-order valence-electron chi connectivity index (χ3n) is 3.20. The van der Waals surface area contributed by atoms with Crippen LogP contribution in [0.2, 0.25) is 0 Å². The molecule has 0 bridgehead atoms. The first-order chi connectivity index (χ1) is 11.2. The van der Waals surface area contributed by atoms with Gasteiger partial charge in [-0.2, -0.15) is 8.78 Å². The number of hydrogen-bond donors (Lipinski definition) is 0. The van der Waals surface area contributed by atoms with Gasteiger partial charge in [0.05, 0.1) is 11.4 Å². The molecule has 2 aromatic heterocycles. The molecule has 3 aromatic rings. The molecule has 2 heterocycles. The third kappa shape index (κ3) is 3.90. The largest absolute Gasteiger partial charge is 0.266 e. The first-order valence-corrected chi connectivity index (χ1v) is 8.04. The van der Waals surface area contributed by atoms with Gasteiger partial charge in [-0.3, -0.25) is 4.98 Å². The molecule has 0 N–H and O–H groups in total. The normalized spacial score (nSPS) is 10.7. The lowest BCUT2D eigenvalue weighted by Gasteiger charge is -2.06. The van der Waals surface area contributed by atoms with E-state index in [4.69, 9.17) is 0 Å². The summed E-state index contributed by atoms with van der Waals surface area (Å²) in [6, 6.07) is 11.7. The van der Waals surface area contributed by atoms with Crippen LogP contribution in [-0.2, 0) is 0 Å². The number of allylic oxidation sites excluding steroid dienone is 1. The number of benzene rings is 1. The maximum Gasteiger partial charge on any atom is 0.266 e. The number of rotatable bonds is 5. The molecule has 1 aromatic carbocycles. The van der Waals surface area contributed by atoms with Crippen LogP contribution in [0, 0.1) is 0 Å². The van der Waals surface area contributed by atoms with Gasteiger partial charge in [0, 0.05) is 23.5 Å². The zero-order valence-electron chi connectivity index (χ0n) is 12.1. The van der Waals surface area contributed by atoms with E-state index in [0.717, 1.165) is 28.2 Å². The standard InChI is InChI=1S/C17H13F2N3S/c18-15(19)6-3-11-23-17-21-10-8-14(22-17)16-13-5-2-1-4-12(13)7-9-20-16/h1-2,4-10H,3,11H2. The Balaban J connectivity index is 1.85. The van der Waals surface area contributed by atoms with Crippen LogP contribution in [0.1, 0.15) is 6.42 Å². The Morgan fingerprint density at radius 1 is 1.04 bits per heavy atom. The Hall–Kier alpha value is -2.34. The molecule has 0 aliphatic rings. The fraction of sp³-hybridized carbons (Fsp3) is 0.118. The van der Waals surface area contributed by atoms with Gasteiger partial charge in [0.1, 0.15) is 0 Å². The van der Waals surface area contributed by atoms with E-state index in [-0.39, 0.29) is 6.42 Å². The summed E-state index contributed by atoms with van der Waals surface area (Å²) in [5.41, 5.74) is 1.52. The molecule has 6 heteroatoms. The molecule has 0 atom stereocenters. The lowest BCUT2D eigenvalue weighted by molar-refractivity contribution is 0.418. The molecular weight excluding hydrogens is 316 g/mol. The van der Waals surface area contributed by atoms with Crippen molar-refractivity contribution in [1.82, 2.24) is 15.0 Å². The molecule has 0 amide bonds. The predicted octanol–water partition coefficient (Wildman–Crippen LogP) is 4.95. The van der Waals surface area contributed by atoms with Crippen LogP contribution in [0.5, 0.6) is 0 Å². The highest BCUT2D eigenvalue weighted by Gasteiger charge is 2.08. The van der Waals surface area contributed by atoms with Crippen LogP contribution in [0.4, 0.5) is 8.78 Å². The Kier molecular flexibility index (Phi) is 4.92. The molecule has 3 rings (SSSR count). The summed E-state index contributed by atoms with van der Waals surface area (Å²) in [6.45, 7) is 0. The molecule has 0 aliphatic carbocycles. The lowest BCUT2D eigenvalue weighted by atomic mass is 10.1. The van der Waals surface area contributed by atoms with E-state index >= 15 is 0 Å². The van der Waals surface area contributed by atoms with Gasteiger partial charge >= 0.3 is 0 Å². The zero-order valence-corrected chi connectivity index (χ0v) is 12.9. The third-order valence-corrected chi connectivity index (χ3v) is 4.09. The SMILES string of the molecule is FC(F)=CCCSc1nccc(-c2nccc3ccccc23)n1. The Morgan fingerprint density at radius 3 is 2.74 bits per heavy atom. The first kappa shape index (κ1) is 15.6. The number of pyridine rings is 1. The van der Waals surface area contributed by atoms with E-state index in [9.17, 15) is 8.78 Å². The second-order valence-electron chi connectivity index (χ2n) is 4.74. The number of halogens is 2. The fourth-order valence-electron chi connectivity index (χ4n) is 2.18. The van der Waals surface area contributed by atoms with Crippen molar-refractivity contribution in [3.63, 3.8) is 0 Å². The molecule has 0 saturated carbocycles. The molecule has 0 saturated heterocycles. The molecule has 0 radical (unpaired) electrons. The number of thioether (sulfide) groups is 1. The maximum atomic E-state index is 12.0. The first-order valence-electron chi connectivity index (χ1n) is 7.05. The molecule has 3 nitrogen and oxygen atoms in total. The Bertz CT molecular complexity index is 843. The van der Waals surface area contributed by atoms with Crippen LogP contribution in [-0.4, -0.2) is 20.7 Å². The quantitative estimate of drug-likeness (QED) is 0.377. The van der Waals surface area contributed by atoms with Gasteiger partial charge in [-0.15, -0.1) is 0 Å². The second kappa shape index (κ2) is 7.28. The molecular formula is C17H13F2N3S. The summed E-state index contributed by atoms with van der Waals surface area (Å²) in [5.74, 6) is 0.504. The molecule has 116 valence electrons. The van der Waals surface area contributed by atoms with Crippen LogP contribution in [0.3, 0.4) is 0 Å². The van der Waals surface area contributed by atoms with Crippen molar-refractivity contribution in [2.45, 2.75) is 11.6 Å². The van der Waals surface area contributed by atoms with Gasteiger partial charge in [0.2, 0.25) is 0 Å². The lowest BCUT2D eigenvalue weighted by Crippen LogP contribution is -1.93. The smallest absolute Gasteiger partial charge is 0.254 e. The highest BCUT2D eigenvalue weighted by molar-refractivity contribution is 7.99. The summed E-state index contributed by atoms with van der Waals surface area (Å²) in [5, 5.41) is 2.67. The average molecular weight is 329 g/mol. The minimum atomic E-state index is -1.65. The van der Waals surface area contributed by atoms with Crippen LogP contribution in [0.15, 0.2) is 66.1 Å². The summed E-state index contributed by atoms with van der Waals surface area (Å²) in [6.07, 6.45) is 2.96. The van der Waals surface area contributed by atoms with Gasteiger partial charge in [0.15, 0.2) is 5.16 Å². The van der Waals surface area contributed by atoms with E-state index in [1.807, 2.05) is 30.3 Å². The van der Waals surface area contributed by atoms with Crippen molar-refractivity contribution in [3.8, 4) is 11.4 Å². The van der Waals surface area contributed by atoms with Crippen molar-refractivity contribution in [3.05, 3.63) is 60.9 Å². The number of fused-ring (bicyclic) bond motifs is 1. The van der Waals surface area contributed by atoms with Gasteiger partial charge in [-0.05, 0) is 30.0 Å². The van der Waals surface area contributed by atoms with E-state index in [2.05, 4.69) is 15.0 Å². The van der Waals surface area contributed by atoms with E-state index in [1.54, 1.807) is 18.5 Å². The van der Waals surface area contributed by atoms with Crippen LogP contribution >= 0.6 is 11.8 Å². The summed E-state index contributed by atoms with van der Waals surface area (Å²) >= 11 is 1.35. The number of hydrogen-bond acceptors (Lipinski definition) is 4. The van der Waals surface area contributed by atoms with E-state index < -0.39 is 6.08 Å². The van der Waals surface area contributed by atoms with Gasteiger partial charge < -0.3 is 0 Å². The molecule has 0 unspecified atom stereocenters. The van der Waals surface area contributed by atoms with Crippen molar-refractivity contribution < 1.29 is 8.78 Å². The Labute approximate surface area is 136 Å².